The van der Waals surface area contributed by atoms with Crippen LogP contribution in [0, 0.1) is 5.41 Å². The Kier molecular flexibility index (Phi) is 6.24. The van der Waals surface area contributed by atoms with Crippen molar-refractivity contribution in [2.45, 2.75) is 33.2 Å². The molecule has 0 bridgehead atoms. The summed E-state index contributed by atoms with van der Waals surface area (Å²) in [7, 11) is 0. The van der Waals surface area contributed by atoms with Gasteiger partial charge in [0.15, 0.2) is 0 Å². The van der Waals surface area contributed by atoms with E-state index in [0.717, 1.165) is 6.08 Å². The maximum absolute atomic E-state index is 12.0. The molecule has 0 radical (unpaired) electrons. The molecule has 0 fully saturated rings. The lowest BCUT2D eigenvalue weighted by Crippen LogP contribution is -2.55. The molecule has 0 heterocycles. The number of hydrogen-bond donors (Lipinski definition) is 2. The Morgan fingerprint density at radius 1 is 1.26 bits per heavy atom. The SMILES string of the molecule is C=CC(=O)NC(C)(C)C(=O)NCC(C)(C)COC=O. The Balaban J connectivity index is 4.40. The number of rotatable bonds is 8. The monoisotopic (exact) mass is 270 g/mol. The fraction of sp³-hybridized carbons (Fsp3) is 0.615. The topological polar surface area (TPSA) is 84.5 Å². The summed E-state index contributed by atoms with van der Waals surface area (Å²) >= 11 is 0. The molecule has 0 aliphatic rings. The molecule has 0 aromatic heterocycles. The summed E-state index contributed by atoms with van der Waals surface area (Å²) in [5.74, 6) is -0.731. The Morgan fingerprint density at radius 3 is 2.32 bits per heavy atom. The van der Waals surface area contributed by atoms with E-state index < -0.39 is 11.4 Å². The molecule has 0 unspecified atom stereocenters. The van der Waals surface area contributed by atoms with Gasteiger partial charge in [0.25, 0.3) is 6.47 Å². The van der Waals surface area contributed by atoms with Crippen molar-refractivity contribution in [2.75, 3.05) is 13.2 Å². The molecular weight excluding hydrogens is 248 g/mol. The van der Waals surface area contributed by atoms with Gasteiger partial charge in [-0.05, 0) is 19.9 Å². The van der Waals surface area contributed by atoms with Gasteiger partial charge in [-0.15, -0.1) is 0 Å². The van der Waals surface area contributed by atoms with Crippen molar-refractivity contribution in [1.29, 1.82) is 0 Å². The molecule has 108 valence electrons. The van der Waals surface area contributed by atoms with E-state index in [2.05, 4.69) is 21.9 Å². The summed E-state index contributed by atoms with van der Waals surface area (Å²) in [6.07, 6.45) is 1.11. The second-order valence-electron chi connectivity index (χ2n) is 5.57. The van der Waals surface area contributed by atoms with Gasteiger partial charge in [-0.1, -0.05) is 20.4 Å². The lowest BCUT2D eigenvalue weighted by Gasteiger charge is -2.28. The quantitative estimate of drug-likeness (QED) is 0.493. The van der Waals surface area contributed by atoms with Crippen LogP contribution in [0.3, 0.4) is 0 Å². The van der Waals surface area contributed by atoms with Gasteiger partial charge >= 0.3 is 0 Å². The molecule has 0 aromatic carbocycles. The molecule has 0 saturated carbocycles. The number of nitrogens with one attached hydrogen (secondary N) is 2. The maximum Gasteiger partial charge on any atom is 0.293 e. The van der Waals surface area contributed by atoms with Gasteiger partial charge in [0, 0.05) is 12.0 Å². The van der Waals surface area contributed by atoms with Crippen LogP contribution in [-0.4, -0.2) is 37.0 Å². The summed E-state index contributed by atoms with van der Waals surface area (Å²) in [5.41, 5.74) is -1.41. The number of amides is 2. The number of carbonyl (C=O) groups excluding carboxylic acids is 3. The molecule has 0 aliphatic carbocycles. The molecule has 0 saturated heterocycles. The Morgan fingerprint density at radius 2 is 1.84 bits per heavy atom. The molecular formula is C13H22N2O4. The van der Waals surface area contributed by atoms with E-state index in [0.29, 0.717) is 13.0 Å². The first-order valence-electron chi connectivity index (χ1n) is 5.93. The van der Waals surface area contributed by atoms with Gasteiger partial charge in [-0.2, -0.15) is 0 Å². The predicted molar refractivity (Wildman–Crippen MR) is 71.2 cm³/mol. The highest BCUT2D eigenvalue weighted by Crippen LogP contribution is 2.14. The third kappa shape index (κ3) is 6.59. The normalized spacial score (nSPS) is 11.4. The highest BCUT2D eigenvalue weighted by Gasteiger charge is 2.30. The van der Waals surface area contributed by atoms with Crippen LogP contribution < -0.4 is 10.6 Å². The molecule has 2 amide bonds. The average molecular weight is 270 g/mol. The Bertz CT molecular complexity index is 362. The standard InChI is InChI=1S/C13H22N2O4/c1-6-10(17)15-13(4,5)11(18)14-7-12(2,3)8-19-9-16/h6,9H,1,7-8H2,2-5H3,(H,14,18)(H,15,17). The van der Waals surface area contributed by atoms with Crippen molar-refractivity contribution in [3.05, 3.63) is 12.7 Å². The zero-order chi connectivity index (χ0) is 15.1. The highest BCUT2D eigenvalue weighted by atomic mass is 16.5. The van der Waals surface area contributed by atoms with Crippen LogP contribution >= 0.6 is 0 Å². The summed E-state index contributed by atoms with van der Waals surface area (Å²) in [6, 6.07) is 0. The van der Waals surface area contributed by atoms with E-state index in [1.807, 2.05) is 13.8 Å². The smallest absolute Gasteiger partial charge is 0.293 e. The Labute approximate surface area is 113 Å². The molecule has 19 heavy (non-hydrogen) atoms. The minimum Gasteiger partial charge on any atom is -0.467 e. The molecule has 0 aliphatic heterocycles. The minimum atomic E-state index is -1.03. The zero-order valence-electron chi connectivity index (χ0n) is 11.9. The summed E-state index contributed by atoms with van der Waals surface area (Å²) < 4.78 is 4.68. The van der Waals surface area contributed by atoms with E-state index in [9.17, 15) is 14.4 Å². The van der Waals surface area contributed by atoms with E-state index in [4.69, 9.17) is 0 Å². The predicted octanol–water partition coefficient (Wildman–Crippen LogP) is 0.383. The first kappa shape index (κ1) is 17.2. The fourth-order valence-electron chi connectivity index (χ4n) is 1.27. The van der Waals surface area contributed by atoms with Crippen LogP contribution in [0.1, 0.15) is 27.7 Å². The van der Waals surface area contributed by atoms with Gasteiger partial charge in [0.05, 0.1) is 6.61 Å². The first-order valence-corrected chi connectivity index (χ1v) is 5.93. The van der Waals surface area contributed by atoms with Gasteiger partial charge < -0.3 is 15.4 Å². The third-order valence-corrected chi connectivity index (χ3v) is 2.46. The molecule has 2 N–H and O–H groups in total. The maximum atomic E-state index is 12.0. The average Bonchev–Trinajstić information content (AvgIpc) is 2.32. The van der Waals surface area contributed by atoms with Gasteiger partial charge in [0.2, 0.25) is 11.8 Å². The van der Waals surface area contributed by atoms with Crippen molar-refractivity contribution in [3.63, 3.8) is 0 Å². The van der Waals surface area contributed by atoms with E-state index in [1.54, 1.807) is 13.8 Å². The van der Waals surface area contributed by atoms with Crippen LogP contribution in [0.15, 0.2) is 12.7 Å². The Hall–Kier alpha value is -1.85. The number of carbonyl (C=O) groups is 3. The summed E-state index contributed by atoms with van der Waals surface area (Å²) in [5, 5.41) is 5.25. The minimum absolute atomic E-state index is 0.205. The zero-order valence-corrected chi connectivity index (χ0v) is 11.9. The molecule has 6 nitrogen and oxygen atoms in total. The first-order chi connectivity index (χ1) is 8.64. The van der Waals surface area contributed by atoms with Crippen LogP contribution in [-0.2, 0) is 19.1 Å². The van der Waals surface area contributed by atoms with Crippen LogP contribution in [0.4, 0.5) is 0 Å². The lowest BCUT2D eigenvalue weighted by atomic mass is 9.94. The largest absolute Gasteiger partial charge is 0.467 e. The van der Waals surface area contributed by atoms with Gasteiger partial charge in [-0.25, -0.2) is 0 Å². The van der Waals surface area contributed by atoms with Crippen molar-refractivity contribution in [3.8, 4) is 0 Å². The molecule has 6 heteroatoms. The van der Waals surface area contributed by atoms with Crippen molar-refractivity contribution < 1.29 is 19.1 Å². The summed E-state index contributed by atoms with van der Waals surface area (Å²) in [4.78, 5) is 33.3. The highest BCUT2D eigenvalue weighted by molar-refractivity contribution is 5.94. The van der Waals surface area contributed by atoms with Crippen molar-refractivity contribution >= 4 is 18.3 Å². The fourth-order valence-corrected chi connectivity index (χ4v) is 1.27. The van der Waals surface area contributed by atoms with Crippen molar-refractivity contribution in [1.82, 2.24) is 10.6 Å². The van der Waals surface area contributed by atoms with Crippen LogP contribution in [0.5, 0.6) is 0 Å². The second kappa shape index (κ2) is 6.92. The third-order valence-electron chi connectivity index (χ3n) is 2.46. The molecule has 0 rings (SSSR count). The van der Waals surface area contributed by atoms with E-state index in [1.165, 1.54) is 0 Å². The summed E-state index contributed by atoms with van der Waals surface area (Å²) in [6.45, 7) is 11.1. The van der Waals surface area contributed by atoms with Crippen molar-refractivity contribution in [2.24, 2.45) is 5.41 Å². The van der Waals surface area contributed by atoms with Gasteiger partial charge in [-0.3, -0.25) is 14.4 Å². The van der Waals surface area contributed by atoms with Gasteiger partial charge in [0.1, 0.15) is 5.54 Å². The lowest BCUT2D eigenvalue weighted by molar-refractivity contribution is -0.133. The molecule has 0 spiro atoms. The van der Waals surface area contributed by atoms with E-state index >= 15 is 0 Å². The van der Waals surface area contributed by atoms with Crippen LogP contribution in [0.2, 0.25) is 0 Å². The number of hydrogen-bond acceptors (Lipinski definition) is 4. The molecule has 0 atom stereocenters. The second-order valence-corrected chi connectivity index (χ2v) is 5.57. The molecule has 0 aromatic rings. The van der Waals surface area contributed by atoms with E-state index in [-0.39, 0.29) is 17.9 Å². The number of ether oxygens (including phenoxy) is 1. The van der Waals surface area contributed by atoms with Crippen LogP contribution in [0.25, 0.3) is 0 Å².